The molecule has 0 aliphatic rings. The molecule has 0 heterocycles. The summed E-state index contributed by atoms with van der Waals surface area (Å²) < 4.78 is 19.1. The summed E-state index contributed by atoms with van der Waals surface area (Å²) in [5, 5.41) is 8.65. The van der Waals surface area contributed by atoms with Gasteiger partial charge in [0.2, 0.25) is 0 Å². The Morgan fingerprint density at radius 3 is 2.67 bits per heavy atom. The van der Waals surface area contributed by atoms with E-state index in [0.29, 0.717) is 12.2 Å². The molecular formula is C18H17FO2. The first-order valence-corrected chi connectivity index (χ1v) is 6.85. The minimum absolute atomic E-state index is 0.202. The molecule has 3 heteroatoms. The van der Waals surface area contributed by atoms with E-state index in [1.54, 1.807) is 12.1 Å². The minimum atomic E-state index is -0.399. The van der Waals surface area contributed by atoms with Gasteiger partial charge in [-0.2, -0.15) is 0 Å². The van der Waals surface area contributed by atoms with Crippen molar-refractivity contribution in [2.24, 2.45) is 0 Å². The Balaban J connectivity index is 1.87. The predicted molar refractivity (Wildman–Crippen MR) is 80.6 cm³/mol. The maximum absolute atomic E-state index is 13.6. The van der Waals surface area contributed by atoms with Crippen molar-refractivity contribution in [1.82, 2.24) is 0 Å². The summed E-state index contributed by atoms with van der Waals surface area (Å²) in [6, 6.07) is 14.5. The first-order valence-electron chi connectivity index (χ1n) is 6.85. The number of hydrogen-bond acceptors (Lipinski definition) is 2. The zero-order valence-electron chi connectivity index (χ0n) is 11.7. The first-order chi connectivity index (χ1) is 10.3. The highest BCUT2D eigenvalue weighted by molar-refractivity contribution is 5.40. The average Bonchev–Trinajstić information content (AvgIpc) is 2.53. The van der Waals surface area contributed by atoms with Gasteiger partial charge in [0.1, 0.15) is 6.61 Å². The fraction of sp³-hybridized carbons (Fsp3) is 0.222. The standard InChI is InChI=1S/C18H17FO2/c19-17-11-10-16(8-4-12-20)14-18(17)21-13-5-9-15-6-2-1-3-7-15/h1-3,6-7,10-11,14,20H,5,9,12-13H2. The molecule has 0 aromatic heterocycles. The van der Waals surface area contributed by atoms with Crippen LogP contribution in [0.1, 0.15) is 17.5 Å². The van der Waals surface area contributed by atoms with Gasteiger partial charge < -0.3 is 9.84 Å². The van der Waals surface area contributed by atoms with Crippen molar-refractivity contribution in [3.05, 3.63) is 65.5 Å². The van der Waals surface area contributed by atoms with Gasteiger partial charge in [-0.1, -0.05) is 42.2 Å². The van der Waals surface area contributed by atoms with Gasteiger partial charge in [0.05, 0.1) is 6.61 Å². The van der Waals surface area contributed by atoms with Gasteiger partial charge >= 0.3 is 0 Å². The molecule has 0 aliphatic carbocycles. The van der Waals surface area contributed by atoms with Gasteiger partial charge in [0.25, 0.3) is 0 Å². The minimum Gasteiger partial charge on any atom is -0.490 e. The summed E-state index contributed by atoms with van der Waals surface area (Å²) in [5.74, 6) is 5.06. The smallest absolute Gasteiger partial charge is 0.165 e. The molecule has 108 valence electrons. The Bertz CT molecular complexity index is 627. The number of halogens is 1. The fourth-order valence-corrected chi connectivity index (χ4v) is 1.94. The summed E-state index contributed by atoms with van der Waals surface area (Å²) >= 11 is 0. The van der Waals surface area contributed by atoms with Crippen LogP contribution in [0.2, 0.25) is 0 Å². The molecule has 0 amide bonds. The van der Waals surface area contributed by atoms with Crippen LogP contribution in [0.25, 0.3) is 0 Å². The van der Waals surface area contributed by atoms with Crippen LogP contribution in [0, 0.1) is 17.7 Å². The molecule has 1 N–H and O–H groups in total. The Kier molecular flexibility index (Phi) is 5.81. The zero-order valence-corrected chi connectivity index (χ0v) is 11.7. The monoisotopic (exact) mass is 284 g/mol. The van der Waals surface area contributed by atoms with Crippen molar-refractivity contribution in [3.63, 3.8) is 0 Å². The second kappa shape index (κ2) is 8.08. The van der Waals surface area contributed by atoms with Crippen molar-refractivity contribution in [1.29, 1.82) is 0 Å². The molecule has 0 radical (unpaired) electrons. The highest BCUT2D eigenvalue weighted by Gasteiger charge is 2.04. The second-order valence-corrected chi connectivity index (χ2v) is 4.54. The molecule has 0 atom stereocenters. The van der Waals surface area contributed by atoms with Crippen LogP contribution in [-0.4, -0.2) is 18.3 Å². The van der Waals surface area contributed by atoms with Crippen molar-refractivity contribution in [3.8, 4) is 17.6 Å². The summed E-state index contributed by atoms with van der Waals surface area (Å²) in [4.78, 5) is 0. The number of ether oxygens (including phenoxy) is 1. The molecule has 2 rings (SSSR count). The predicted octanol–water partition coefficient (Wildman–Crippen LogP) is 3.18. The SMILES string of the molecule is OCC#Cc1ccc(F)c(OCCCc2ccccc2)c1. The van der Waals surface area contributed by atoms with Crippen LogP contribution in [-0.2, 0) is 6.42 Å². The zero-order chi connectivity index (χ0) is 14.9. The number of benzene rings is 2. The lowest BCUT2D eigenvalue weighted by Crippen LogP contribution is -2.01. The van der Waals surface area contributed by atoms with Crippen molar-refractivity contribution in [2.45, 2.75) is 12.8 Å². The number of aryl methyl sites for hydroxylation is 1. The van der Waals surface area contributed by atoms with E-state index in [-0.39, 0.29) is 12.4 Å². The van der Waals surface area contributed by atoms with Crippen LogP contribution in [0.15, 0.2) is 48.5 Å². The molecule has 0 saturated carbocycles. The van der Waals surface area contributed by atoms with Crippen LogP contribution >= 0.6 is 0 Å². The fourth-order valence-electron chi connectivity index (χ4n) is 1.94. The van der Waals surface area contributed by atoms with Crippen molar-refractivity contribution in [2.75, 3.05) is 13.2 Å². The molecule has 2 aromatic carbocycles. The largest absolute Gasteiger partial charge is 0.490 e. The molecule has 21 heavy (non-hydrogen) atoms. The number of hydrogen-bond donors (Lipinski definition) is 1. The van der Waals surface area contributed by atoms with Gasteiger partial charge in [0, 0.05) is 5.56 Å². The van der Waals surface area contributed by atoms with E-state index in [0.717, 1.165) is 12.8 Å². The third-order valence-corrected chi connectivity index (χ3v) is 2.95. The van der Waals surface area contributed by atoms with Gasteiger partial charge in [-0.25, -0.2) is 4.39 Å². The Hall–Kier alpha value is -2.31. The number of aliphatic hydroxyl groups excluding tert-OH is 1. The van der Waals surface area contributed by atoms with E-state index < -0.39 is 5.82 Å². The van der Waals surface area contributed by atoms with Crippen molar-refractivity contribution < 1.29 is 14.2 Å². The number of rotatable bonds is 5. The van der Waals surface area contributed by atoms with E-state index in [4.69, 9.17) is 9.84 Å². The molecule has 0 spiro atoms. The third kappa shape index (κ3) is 4.94. The molecule has 0 unspecified atom stereocenters. The summed E-state index contributed by atoms with van der Waals surface area (Å²) in [6.45, 7) is 0.230. The van der Waals surface area contributed by atoms with Gasteiger partial charge in [-0.3, -0.25) is 0 Å². The topological polar surface area (TPSA) is 29.5 Å². The lowest BCUT2D eigenvalue weighted by Gasteiger charge is -2.07. The molecule has 0 aliphatic heterocycles. The maximum Gasteiger partial charge on any atom is 0.165 e. The Morgan fingerprint density at radius 2 is 1.90 bits per heavy atom. The first kappa shape index (κ1) is 15.1. The highest BCUT2D eigenvalue weighted by Crippen LogP contribution is 2.18. The summed E-state index contributed by atoms with van der Waals surface area (Å²) in [5.41, 5.74) is 1.87. The van der Waals surface area contributed by atoms with Crippen molar-refractivity contribution >= 4 is 0 Å². The maximum atomic E-state index is 13.6. The van der Waals surface area contributed by atoms with E-state index in [1.165, 1.54) is 11.6 Å². The van der Waals surface area contributed by atoms with Gasteiger partial charge in [-0.15, -0.1) is 0 Å². The summed E-state index contributed by atoms with van der Waals surface area (Å²) in [6.07, 6.45) is 1.71. The average molecular weight is 284 g/mol. The van der Waals surface area contributed by atoms with Gasteiger partial charge in [-0.05, 0) is 36.6 Å². The van der Waals surface area contributed by atoms with E-state index >= 15 is 0 Å². The van der Waals surface area contributed by atoms with Crippen LogP contribution < -0.4 is 4.74 Å². The second-order valence-electron chi connectivity index (χ2n) is 4.54. The normalized spacial score (nSPS) is 9.81. The molecule has 0 fully saturated rings. The molecule has 2 nitrogen and oxygen atoms in total. The highest BCUT2D eigenvalue weighted by atomic mass is 19.1. The Labute approximate surface area is 124 Å². The quantitative estimate of drug-likeness (QED) is 0.675. The van der Waals surface area contributed by atoms with Crippen LogP contribution in [0.4, 0.5) is 4.39 Å². The van der Waals surface area contributed by atoms with E-state index in [1.807, 2.05) is 18.2 Å². The van der Waals surface area contributed by atoms with Crippen LogP contribution in [0.3, 0.4) is 0 Å². The molecule has 2 aromatic rings. The molecule has 0 saturated heterocycles. The lowest BCUT2D eigenvalue weighted by atomic mass is 10.1. The summed E-state index contributed by atoms with van der Waals surface area (Å²) in [7, 11) is 0. The number of aliphatic hydroxyl groups is 1. The third-order valence-electron chi connectivity index (χ3n) is 2.95. The van der Waals surface area contributed by atoms with E-state index in [9.17, 15) is 4.39 Å². The van der Waals surface area contributed by atoms with Gasteiger partial charge in [0.15, 0.2) is 11.6 Å². The molecular weight excluding hydrogens is 267 g/mol. The Morgan fingerprint density at radius 1 is 1.10 bits per heavy atom. The lowest BCUT2D eigenvalue weighted by molar-refractivity contribution is 0.295. The van der Waals surface area contributed by atoms with Crippen LogP contribution in [0.5, 0.6) is 5.75 Å². The van der Waals surface area contributed by atoms with E-state index in [2.05, 4.69) is 24.0 Å². The molecule has 0 bridgehead atoms.